The topological polar surface area (TPSA) is 23.4 Å². The summed E-state index contributed by atoms with van der Waals surface area (Å²) in [5.74, 6) is 0. The molecular weight excluding hydrogens is 249 g/mol. The number of hydrogen-bond acceptors (Lipinski definition) is 2. The molecule has 0 atom stereocenters. The van der Waals surface area contributed by atoms with E-state index in [2.05, 4.69) is 69.6 Å². The summed E-state index contributed by atoms with van der Waals surface area (Å²) in [4.78, 5) is 0. The largest absolute Gasteiger partial charge is 0.497 e. The summed E-state index contributed by atoms with van der Waals surface area (Å²) < 4.78 is 14.6. The van der Waals surface area contributed by atoms with Crippen LogP contribution in [0.2, 0.25) is 0 Å². The van der Waals surface area contributed by atoms with Gasteiger partial charge in [0.2, 0.25) is 0 Å². The van der Waals surface area contributed by atoms with Crippen LogP contribution in [0.4, 0.5) is 0 Å². The first-order valence-electron chi connectivity index (χ1n) is 7.29. The molecule has 1 aromatic heterocycles. The minimum Gasteiger partial charge on any atom is -0.399 e. The van der Waals surface area contributed by atoms with E-state index in [4.69, 9.17) is 9.31 Å². The number of hydrogen-bond donors (Lipinski definition) is 0. The summed E-state index contributed by atoms with van der Waals surface area (Å²) in [5.41, 5.74) is 1.73. The predicted octanol–water partition coefficient (Wildman–Crippen LogP) is 2.96. The highest BCUT2D eigenvalue weighted by Gasteiger charge is 2.52. The highest BCUT2D eigenvalue weighted by molar-refractivity contribution is 6.65. The van der Waals surface area contributed by atoms with Crippen LogP contribution >= 0.6 is 0 Å². The van der Waals surface area contributed by atoms with Gasteiger partial charge in [-0.05, 0) is 46.1 Å². The van der Waals surface area contributed by atoms with E-state index in [0.29, 0.717) is 0 Å². The number of aromatic nitrogens is 1. The Hall–Kier alpha value is -1.26. The highest BCUT2D eigenvalue weighted by Crippen LogP contribution is 2.37. The summed E-state index contributed by atoms with van der Waals surface area (Å²) >= 11 is 0. The average molecular weight is 271 g/mol. The molecule has 2 aromatic rings. The van der Waals surface area contributed by atoms with E-state index in [1.165, 1.54) is 10.9 Å². The van der Waals surface area contributed by atoms with Crippen LogP contribution in [-0.4, -0.2) is 22.9 Å². The molecule has 2 heterocycles. The zero-order valence-corrected chi connectivity index (χ0v) is 12.9. The van der Waals surface area contributed by atoms with Crippen molar-refractivity contribution in [2.45, 2.75) is 52.4 Å². The summed E-state index contributed by atoms with van der Waals surface area (Å²) in [7, 11) is -0.302. The van der Waals surface area contributed by atoms with Crippen LogP contribution < -0.4 is 5.46 Å². The molecule has 20 heavy (non-hydrogen) atoms. The van der Waals surface area contributed by atoms with Crippen LogP contribution in [-0.2, 0) is 15.9 Å². The monoisotopic (exact) mass is 271 g/mol. The number of aryl methyl sites for hydroxylation is 1. The third-order valence-electron chi connectivity index (χ3n) is 4.67. The van der Waals surface area contributed by atoms with Gasteiger partial charge in [-0.3, -0.25) is 0 Å². The van der Waals surface area contributed by atoms with Crippen LogP contribution in [0.5, 0.6) is 0 Å². The summed E-state index contributed by atoms with van der Waals surface area (Å²) in [6.45, 7) is 11.5. The fraction of sp³-hybridized carbons (Fsp3) is 0.500. The Morgan fingerprint density at radius 1 is 1.05 bits per heavy atom. The van der Waals surface area contributed by atoms with Gasteiger partial charge in [0.25, 0.3) is 0 Å². The summed E-state index contributed by atoms with van der Waals surface area (Å²) in [5, 5.41) is 1.24. The predicted molar refractivity (Wildman–Crippen MR) is 83.3 cm³/mol. The molecule has 1 aliphatic heterocycles. The SMILES string of the molecule is CCn1ccc2cccc(B3OC(C)(C)C(C)(C)O3)c21. The lowest BCUT2D eigenvalue weighted by Gasteiger charge is -2.32. The summed E-state index contributed by atoms with van der Waals surface area (Å²) in [6, 6.07) is 8.46. The van der Waals surface area contributed by atoms with E-state index < -0.39 is 0 Å². The van der Waals surface area contributed by atoms with Crippen molar-refractivity contribution in [2.75, 3.05) is 0 Å². The van der Waals surface area contributed by atoms with Crippen LogP contribution in [0.15, 0.2) is 30.5 Å². The number of fused-ring (bicyclic) bond motifs is 1. The van der Waals surface area contributed by atoms with Gasteiger partial charge >= 0.3 is 7.12 Å². The fourth-order valence-electron chi connectivity index (χ4n) is 2.71. The zero-order chi connectivity index (χ0) is 14.5. The normalized spacial score (nSPS) is 20.8. The lowest BCUT2D eigenvalue weighted by atomic mass is 9.78. The van der Waals surface area contributed by atoms with Crippen LogP contribution in [0, 0.1) is 0 Å². The molecule has 0 amide bonds. The number of benzene rings is 1. The third-order valence-corrected chi connectivity index (χ3v) is 4.67. The molecule has 1 saturated heterocycles. The van der Waals surface area contributed by atoms with E-state index in [-0.39, 0.29) is 18.3 Å². The van der Waals surface area contributed by atoms with E-state index in [1.807, 2.05) is 0 Å². The van der Waals surface area contributed by atoms with Crippen LogP contribution in [0.25, 0.3) is 10.9 Å². The first kappa shape index (κ1) is 13.7. The van der Waals surface area contributed by atoms with Gasteiger partial charge in [-0.2, -0.15) is 0 Å². The quantitative estimate of drug-likeness (QED) is 0.784. The highest BCUT2D eigenvalue weighted by atomic mass is 16.7. The zero-order valence-electron chi connectivity index (χ0n) is 12.9. The molecule has 1 aromatic carbocycles. The Morgan fingerprint density at radius 2 is 1.70 bits per heavy atom. The lowest BCUT2D eigenvalue weighted by molar-refractivity contribution is 0.00578. The van der Waals surface area contributed by atoms with E-state index >= 15 is 0 Å². The van der Waals surface area contributed by atoms with Crippen molar-refractivity contribution in [3.8, 4) is 0 Å². The van der Waals surface area contributed by atoms with Crippen molar-refractivity contribution in [1.29, 1.82) is 0 Å². The second-order valence-electron chi connectivity index (χ2n) is 6.48. The van der Waals surface area contributed by atoms with Crippen molar-refractivity contribution in [1.82, 2.24) is 4.57 Å². The lowest BCUT2D eigenvalue weighted by Crippen LogP contribution is -2.41. The van der Waals surface area contributed by atoms with E-state index in [0.717, 1.165) is 12.0 Å². The molecule has 4 heteroatoms. The molecule has 3 rings (SSSR count). The fourth-order valence-corrected chi connectivity index (χ4v) is 2.71. The maximum absolute atomic E-state index is 6.19. The third kappa shape index (κ3) is 1.90. The number of rotatable bonds is 2. The van der Waals surface area contributed by atoms with Crippen molar-refractivity contribution < 1.29 is 9.31 Å². The molecule has 0 N–H and O–H groups in total. The first-order chi connectivity index (χ1) is 9.36. The second-order valence-corrected chi connectivity index (χ2v) is 6.48. The van der Waals surface area contributed by atoms with Gasteiger partial charge in [0.05, 0.1) is 11.2 Å². The Balaban J connectivity index is 2.10. The molecule has 1 aliphatic rings. The minimum absolute atomic E-state index is 0.302. The van der Waals surface area contributed by atoms with Gasteiger partial charge in [0, 0.05) is 23.7 Å². The minimum atomic E-state index is -0.302. The molecule has 3 nitrogen and oxygen atoms in total. The van der Waals surface area contributed by atoms with Crippen LogP contribution in [0.1, 0.15) is 34.6 Å². The molecular formula is C16H22BNO2. The van der Waals surface area contributed by atoms with Crippen LogP contribution in [0.3, 0.4) is 0 Å². The summed E-state index contributed by atoms with van der Waals surface area (Å²) in [6.07, 6.45) is 2.12. The van der Waals surface area contributed by atoms with Gasteiger partial charge in [-0.1, -0.05) is 18.2 Å². The Labute approximate surface area is 121 Å². The molecule has 1 fully saturated rings. The van der Waals surface area contributed by atoms with Crippen molar-refractivity contribution in [3.05, 3.63) is 30.5 Å². The van der Waals surface area contributed by atoms with E-state index in [9.17, 15) is 0 Å². The number of nitrogens with zero attached hydrogens (tertiary/aromatic N) is 1. The van der Waals surface area contributed by atoms with Crippen molar-refractivity contribution in [2.24, 2.45) is 0 Å². The standard InChI is InChI=1S/C16H22BNO2/c1-6-18-11-10-12-8-7-9-13(14(12)18)17-19-15(2,3)16(4,5)20-17/h7-11H,6H2,1-5H3. The second kappa shape index (κ2) is 4.37. The Morgan fingerprint density at radius 3 is 2.30 bits per heavy atom. The molecule has 0 saturated carbocycles. The number of para-hydroxylation sites is 1. The van der Waals surface area contributed by atoms with Crippen molar-refractivity contribution >= 4 is 23.5 Å². The smallest absolute Gasteiger partial charge is 0.399 e. The molecule has 0 unspecified atom stereocenters. The average Bonchev–Trinajstić information content (AvgIpc) is 2.88. The van der Waals surface area contributed by atoms with Gasteiger partial charge in [-0.15, -0.1) is 0 Å². The Bertz CT molecular complexity index is 629. The maximum Gasteiger partial charge on any atom is 0.497 e. The first-order valence-corrected chi connectivity index (χ1v) is 7.29. The van der Waals surface area contributed by atoms with E-state index in [1.54, 1.807) is 0 Å². The molecule has 0 bridgehead atoms. The molecule has 0 aliphatic carbocycles. The molecule has 0 spiro atoms. The van der Waals surface area contributed by atoms with Gasteiger partial charge in [0.1, 0.15) is 0 Å². The van der Waals surface area contributed by atoms with Crippen molar-refractivity contribution in [3.63, 3.8) is 0 Å². The molecule has 0 radical (unpaired) electrons. The van der Waals surface area contributed by atoms with Gasteiger partial charge in [-0.25, -0.2) is 0 Å². The van der Waals surface area contributed by atoms with Gasteiger partial charge < -0.3 is 13.9 Å². The molecule has 106 valence electrons. The van der Waals surface area contributed by atoms with Gasteiger partial charge in [0.15, 0.2) is 0 Å². The maximum atomic E-state index is 6.19. The Kier molecular flexibility index (Phi) is 3.00.